The Kier molecular flexibility index (Phi) is 29.9. The van der Waals surface area contributed by atoms with Crippen LogP contribution in [0.5, 0.6) is 0 Å². The molecule has 3 aromatic rings. The zero-order valence-corrected chi connectivity index (χ0v) is 42.2. The first-order chi connectivity index (χ1) is 33.5. The number of halogens is 2. The molecule has 390 valence electrons. The summed E-state index contributed by atoms with van der Waals surface area (Å²) in [6.07, 6.45) is 2.27. The number of aliphatic carboxylic acids is 2. The van der Waals surface area contributed by atoms with Crippen LogP contribution in [0.1, 0.15) is 96.9 Å². The fourth-order valence-corrected chi connectivity index (χ4v) is 8.15. The Morgan fingerprint density at radius 1 is 0.786 bits per heavy atom. The SMILES string of the molecule is CC.CC(C)(C)[C@H](c1cc(-c2cc(F)ccc2F)cn1Cc1ccccc1)N(CCCN)C(=O)CSC[C@H](CC(=O)CCOCCOCCOCCOCCCC(=O)CNC(=O)CCC(=O)O)C(=O)O. The van der Waals surface area contributed by atoms with Crippen molar-refractivity contribution in [1.82, 2.24) is 14.8 Å². The fourth-order valence-electron chi connectivity index (χ4n) is 7.15. The van der Waals surface area contributed by atoms with Crippen molar-refractivity contribution in [1.29, 1.82) is 0 Å². The van der Waals surface area contributed by atoms with E-state index < -0.39 is 46.9 Å². The zero-order chi connectivity index (χ0) is 51.9. The quantitative estimate of drug-likeness (QED) is 0.0433. The topological polar surface area (TPSA) is 226 Å². The van der Waals surface area contributed by atoms with Gasteiger partial charge in [-0.25, -0.2) is 8.78 Å². The summed E-state index contributed by atoms with van der Waals surface area (Å²) in [6, 6.07) is 14.2. The van der Waals surface area contributed by atoms with Crippen LogP contribution in [0.2, 0.25) is 0 Å². The van der Waals surface area contributed by atoms with Crippen molar-refractivity contribution in [3.05, 3.63) is 83.7 Å². The van der Waals surface area contributed by atoms with Gasteiger partial charge >= 0.3 is 11.9 Å². The lowest BCUT2D eigenvalue weighted by Gasteiger charge is -2.41. The lowest BCUT2D eigenvalue weighted by Crippen LogP contribution is -2.44. The maximum atomic E-state index is 15.1. The minimum absolute atomic E-state index is 0.0140. The van der Waals surface area contributed by atoms with Gasteiger partial charge in [-0.3, -0.25) is 28.8 Å². The van der Waals surface area contributed by atoms with Crippen molar-refractivity contribution in [3.63, 3.8) is 0 Å². The van der Waals surface area contributed by atoms with E-state index >= 15 is 4.39 Å². The molecule has 19 heteroatoms. The third kappa shape index (κ3) is 24.2. The number of nitrogens with two attached hydrogens (primary N) is 1. The van der Waals surface area contributed by atoms with Crippen LogP contribution in [-0.2, 0) is 54.3 Å². The van der Waals surface area contributed by atoms with E-state index in [1.165, 1.54) is 0 Å². The van der Waals surface area contributed by atoms with Gasteiger partial charge in [-0.15, -0.1) is 0 Å². The molecule has 5 N–H and O–H groups in total. The Morgan fingerprint density at radius 3 is 2.01 bits per heavy atom. The highest BCUT2D eigenvalue weighted by atomic mass is 32.2. The Balaban J connectivity index is 0.00000829. The van der Waals surface area contributed by atoms with Crippen LogP contribution < -0.4 is 11.1 Å². The summed E-state index contributed by atoms with van der Waals surface area (Å²) in [6.45, 7) is 13.0. The number of carboxylic acid groups (broad SMARTS) is 2. The van der Waals surface area contributed by atoms with Crippen molar-refractivity contribution in [2.75, 3.05) is 84.0 Å². The predicted molar refractivity (Wildman–Crippen MR) is 264 cm³/mol. The molecule has 0 aliphatic rings. The van der Waals surface area contributed by atoms with Crippen LogP contribution in [0.4, 0.5) is 8.78 Å². The van der Waals surface area contributed by atoms with E-state index in [-0.39, 0.29) is 93.0 Å². The molecule has 0 radical (unpaired) electrons. The Bertz CT molecular complexity index is 2050. The smallest absolute Gasteiger partial charge is 0.307 e. The molecule has 1 aromatic heterocycles. The molecule has 2 aromatic carbocycles. The summed E-state index contributed by atoms with van der Waals surface area (Å²) in [5.41, 5.74) is 7.63. The molecular weight excluding hydrogens is 931 g/mol. The number of hydrogen-bond donors (Lipinski definition) is 4. The number of thioether (sulfide) groups is 1. The molecule has 70 heavy (non-hydrogen) atoms. The number of carbonyl (C=O) groups excluding carboxylic acids is 4. The molecule has 1 heterocycles. The van der Waals surface area contributed by atoms with Gasteiger partial charge in [0, 0.05) is 74.2 Å². The minimum Gasteiger partial charge on any atom is -0.481 e. The number of ether oxygens (including phenoxy) is 4. The van der Waals surface area contributed by atoms with Crippen LogP contribution in [0, 0.1) is 23.0 Å². The number of ketones is 2. The molecule has 0 spiro atoms. The monoisotopic (exact) mass is 1000 g/mol. The minimum atomic E-state index is -1.14. The van der Waals surface area contributed by atoms with Crippen molar-refractivity contribution in [2.24, 2.45) is 17.1 Å². The first-order valence-corrected chi connectivity index (χ1v) is 25.0. The van der Waals surface area contributed by atoms with Crippen molar-refractivity contribution in [2.45, 2.75) is 92.2 Å². The number of nitrogens with zero attached hydrogens (tertiary/aromatic N) is 2. The molecule has 0 bridgehead atoms. The number of amides is 2. The molecule has 3 rings (SSSR count). The Labute approximate surface area is 415 Å². The number of carbonyl (C=O) groups is 6. The number of rotatable bonds is 36. The second-order valence-corrected chi connectivity index (χ2v) is 18.2. The Morgan fingerprint density at radius 2 is 1.41 bits per heavy atom. The normalized spacial score (nSPS) is 12.1. The zero-order valence-electron chi connectivity index (χ0n) is 41.4. The van der Waals surface area contributed by atoms with Gasteiger partial charge in [0.15, 0.2) is 5.78 Å². The number of aromatic nitrogens is 1. The van der Waals surface area contributed by atoms with Gasteiger partial charge in [-0.2, -0.15) is 11.8 Å². The van der Waals surface area contributed by atoms with E-state index in [1.807, 2.05) is 69.5 Å². The van der Waals surface area contributed by atoms with E-state index in [4.69, 9.17) is 29.8 Å². The summed E-state index contributed by atoms with van der Waals surface area (Å²) in [4.78, 5) is 74.8. The Hall–Kier alpha value is -5.05. The predicted octanol–water partition coefficient (Wildman–Crippen LogP) is 6.95. The van der Waals surface area contributed by atoms with E-state index in [9.17, 15) is 38.3 Å². The maximum absolute atomic E-state index is 15.1. The van der Waals surface area contributed by atoms with Crippen molar-refractivity contribution in [3.8, 4) is 11.1 Å². The molecule has 0 saturated heterocycles. The van der Waals surface area contributed by atoms with E-state index in [1.54, 1.807) is 17.2 Å². The molecule has 0 unspecified atom stereocenters. The van der Waals surface area contributed by atoms with Gasteiger partial charge in [-0.1, -0.05) is 65.0 Å². The van der Waals surface area contributed by atoms with E-state index in [0.29, 0.717) is 76.8 Å². The van der Waals surface area contributed by atoms with E-state index in [0.717, 1.165) is 35.5 Å². The summed E-state index contributed by atoms with van der Waals surface area (Å²) in [7, 11) is 0. The molecule has 0 aliphatic carbocycles. The maximum Gasteiger partial charge on any atom is 0.307 e. The van der Waals surface area contributed by atoms with Crippen LogP contribution in [0.25, 0.3) is 11.1 Å². The lowest BCUT2D eigenvalue weighted by molar-refractivity contribution is -0.143. The van der Waals surface area contributed by atoms with Gasteiger partial charge < -0.3 is 49.7 Å². The summed E-state index contributed by atoms with van der Waals surface area (Å²) in [5.74, 6) is -5.64. The standard InChI is InChI=1S/C49H68F2N4O12S.C2H6/c1-49(2,3)47(43-28-36(41-29-38(50)12-13-42(41)51)32-54(43)31-35-9-5-4-6-10-35)55(18-8-17-52)45(59)34-68-33-37(48(62)63)27-39(56)16-20-65-22-24-67-26-25-66-23-21-64-19-7-11-40(57)30-53-44(58)14-15-46(60)61;1-2/h4-6,9-10,12-13,28-29,32,37,47H,7-8,11,14-27,30-31,33-34,52H2,1-3H3,(H,53,58)(H,60,61)(H,62,63);1-2H3/t37-,47-;/m0./s1. The van der Waals surface area contributed by atoms with Crippen LogP contribution in [0.3, 0.4) is 0 Å². The van der Waals surface area contributed by atoms with Gasteiger partial charge in [0.2, 0.25) is 11.8 Å². The summed E-state index contributed by atoms with van der Waals surface area (Å²) in [5, 5.41) is 21.0. The van der Waals surface area contributed by atoms with Gasteiger partial charge in [-0.05, 0) is 54.6 Å². The number of benzene rings is 2. The van der Waals surface area contributed by atoms with E-state index in [2.05, 4.69) is 5.32 Å². The number of hydrogen-bond acceptors (Lipinski definition) is 12. The highest BCUT2D eigenvalue weighted by molar-refractivity contribution is 7.99. The summed E-state index contributed by atoms with van der Waals surface area (Å²) >= 11 is 1.14. The average molecular weight is 1010 g/mol. The average Bonchev–Trinajstić information content (AvgIpc) is 3.72. The van der Waals surface area contributed by atoms with Gasteiger partial charge in [0.1, 0.15) is 17.4 Å². The van der Waals surface area contributed by atoms with Crippen molar-refractivity contribution < 1.29 is 66.7 Å². The van der Waals surface area contributed by atoms with Gasteiger partial charge in [0.05, 0.1) is 76.9 Å². The molecule has 2 amide bonds. The molecule has 2 atom stereocenters. The largest absolute Gasteiger partial charge is 0.481 e. The second-order valence-electron chi connectivity index (χ2n) is 17.2. The van der Waals surface area contributed by atoms with Gasteiger partial charge in [0.25, 0.3) is 0 Å². The molecule has 16 nitrogen and oxygen atoms in total. The number of nitrogens with one attached hydrogen (secondary N) is 1. The third-order valence-electron chi connectivity index (χ3n) is 10.5. The van der Waals surface area contributed by atoms with Crippen molar-refractivity contribution >= 4 is 47.1 Å². The third-order valence-corrected chi connectivity index (χ3v) is 11.6. The second kappa shape index (κ2) is 34.3. The summed E-state index contributed by atoms with van der Waals surface area (Å²) < 4.78 is 53.4. The fraction of sp³-hybridized carbons (Fsp3) is 0.569. The lowest BCUT2D eigenvalue weighted by atomic mass is 9.83. The van der Waals surface area contributed by atoms with Crippen LogP contribution in [-0.4, -0.2) is 139 Å². The molecule has 0 fully saturated rings. The highest BCUT2D eigenvalue weighted by Gasteiger charge is 2.37. The highest BCUT2D eigenvalue weighted by Crippen LogP contribution is 2.41. The molecule has 0 aliphatic heterocycles. The number of Topliss-reactive ketones (excluding diaryl/α,β-unsaturated/α-hetero) is 2. The number of carboxylic acids is 2. The molecule has 0 saturated carbocycles. The first-order valence-electron chi connectivity index (χ1n) is 23.8. The van der Waals surface area contributed by atoms with Crippen LogP contribution in [0.15, 0.2) is 60.8 Å². The van der Waals surface area contributed by atoms with Crippen LogP contribution >= 0.6 is 11.8 Å². The first kappa shape index (κ1) is 61.1. The molecular formula is C51H74F2N4O12S.